The van der Waals surface area contributed by atoms with Gasteiger partial charge in [0.1, 0.15) is 11.2 Å². The Kier molecular flexibility index (Phi) is 7.99. The minimum absolute atomic E-state index is 0.668. The molecule has 1 aliphatic rings. The Labute approximate surface area is 294 Å². The Hall–Kier alpha value is -5.86. The lowest BCUT2D eigenvalue weighted by atomic mass is 9.84. The summed E-state index contributed by atoms with van der Waals surface area (Å²) >= 11 is 0. The highest BCUT2D eigenvalue weighted by Gasteiger charge is 2.20. The molecule has 50 heavy (non-hydrogen) atoms. The van der Waals surface area contributed by atoms with Crippen molar-refractivity contribution in [3.63, 3.8) is 0 Å². The Morgan fingerprint density at radius 2 is 0.980 bits per heavy atom. The molecule has 7 aromatic carbocycles. The molecule has 1 aliphatic carbocycles. The van der Waals surface area contributed by atoms with Crippen LogP contribution in [0.25, 0.3) is 55.3 Å². The van der Waals surface area contributed by atoms with Crippen molar-refractivity contribution < 1.29 is 4.42 Å². The maximum Gasteiger partial charge on any atom is 0.137 e. The molecule has 9 rings (SSSR count). The summed E-state index contributed by atoms with van der Waals surface area (Å²) in [5.41, 5.74) is 13.9. The van der Waals surface area contributed by atoms with E-state index in [4.69, 9.17) is 4.42 Å². The van der Waals surface area contributed by atoms with Crippen LogP contribution in [0.5, 0.6) is 0 Å². The molecule has 1 saturated carbocycles. The van der Waals surface area contributed by atoms with Crippen molar-refractivity contribution >= 4 is 39.0 Å². The molecule has 0 unspecified atom stereocenters. The van der Waals surface area contributed by atoms with Crippen LogP contribution in [-0.4, -0.2) is 0 Å². The number of hydrogen-bond donors (Lipinski definition) is 0. The van der Waals surface area contributed by atoms with E-state index in [2.05, 4.69) is 163 Å². The lowest BCUT2D eigenvalue weighted by Gasteiger charge is -2.27. The van der Waals surface area contributed by atoms with E-state index in [1.807, 2.05) is 12.1 Å². The highest BCUT2D eigenvalue weighted by Crippen LogP contribution is 2.43. The Bertz CT molecular complexity index is 2330. The van der Waals surface area contributed by atoms with Gasteiger partial charge in [-0.1, -0.05) is 141 Å². The summed E-state index contributed by atoms with van der Waals surface area (Å²) in [6.07, 6.45) is 6.63. The Balaban J connectivity index is 1.17. The van der Waals surface area contributed by atoms with Crippen LogP contribution in [0.4, 0.5) is 17.1 Å². The smallest absolute Gasteiger partial charge is 0.137 e. The third-order valence-electron chi connectivity index (χ3n) is 10.5. The summed E-state index contributed by atoms with van der Waals surface area (Å²) in [7, 11) is 0. The van der Waals surface area contributed by atoms with E-state index >= 15 is 0 Å². The second-order valence-electron chi connectivity index (χ2n) is 13.5. The minimum atomic E-state index is 0.668. The van der Waals surface area contributed by atoms with E-state index < -0.39 is 0 Å². The monoisotopic (exact) mass is 645 g/mol. The van der Waals surface area contributed by atoms with Gasteiger partial charge in [-0.05, 0) is 100 Å². The van der Waals surface area contributed by atoms with Crippen molar-refractivity contribution in [3.8, 4) is 33.4 Å². The molecule has 0 aliphatic heterocycles. The van der Waals surface area contributed by atoms with Crippen molar-refractivity contribution in [3.05, 3.63) is 175 Å². The summed E-state index contributed by atoms with van der Waals surface area (Å²) < 4.78 is 6.37. The predicted octanol–water partition coefficient (Wildman–Crippen LogP) is 14.1. The van der Waals surface area contributed by atoms with Gasteiger partial charge >= 0.3 is 0 Å². The molecule has 1 fully saturated rings. The summed E-state index contributed by atoms with van der Waals surface area (Å²) in [6, 6.07) is 61.5. The zero-order chi connectivity index (χ0) is 33.3. The van der Waals surface area contributed by atoms with Gasteiger partial charge in [-0.2, -0.15) is 0 Å². The highest BCUT2D eigenvalue weighted by atomic mass is 16.3. The first-order chi connectivity index (χ1) is 24.8. The zero-order valence-electron chi connectivity index (χ0n) is 28.1. The largest absolute Gasteiger partial charge is 0.456 e. The van der Waals surface area contributed by atoms with Crippen molar-refractivity contribution in [2.75, 3.05) is 4.90 Å². The number of fused-ring (bicyclic) bond motifs is 3. The van der Waals surface area contributed by atoms with Crippen molar-refractivity contribution in [2.45, 2.75) is 38.0 Å². The molecule has 2 nitrogen and oxygen atoms in total. The van der Waals surface area contributed by atoms with Gasteiger partial charge in [0.2, 0.25) is 0 Å². The summed E-state index contributed by atoms with van der Waals surface area (Å²) in [4.78, 5) is 2.36. The molecule has 8 aromatic rings. The molecule has 0 radical (unpaired) electrons. The van der Waals surface area contributed by atoms with E-state index in [0.717, 1.165) is 39.0 Å². The van der Waals surface area contributed by atoms with Crippen molar-refractivity contribution in [1.82, 2.24) is 0 Å². The molecule has 0 bridgehead atoms. The molecular formula is C48H39NO. The number of para-hydroxylation sites is 1. The average molecular weight is 646 g/mol. The van der Waals surface area contributed by atoms with Gasteiger partial charge in [0.25, 0.3) is 0 Å². The number of hydrogen-bond acceptors (Lipinski definition) is 2. The first-order valence-electron chi connectivity index (χ1n) is 18.0. The topological polar surface area (TPSA) is 16.4 Å². The summed E-state index contributed by atoms with van der Waals surface area (Å²) in [6.45, 7) is 0. The fraction of sp³-hybridized carbons (Fsp3) is 0.125. The molecule has 0 spiro atoms. The predicted molar refractivity (Wildman–Crippen MR) is 211 cm³/mol. The van der Waals surface area contributed by atoms with Crippen molar-refractivity contribution in [1.29, 1.82) is 0 Å². The second-order valence-corrected chi connectivity index (χ2v) is 13.5. The molecule has 2 heteroatoms. The van der Waals surface area contributed by atoms with Crippen molar-refractivity contribution in [2.24, 2.45) is 0 Å². The highest BCUT2D eigenvalue weighted by molar-refractivity contribution is 6.06. The molecule has 0 saturated heterocycles. The van der Waals surface area contributed by atoms with Crippen LogP contribution in [0.15, 0.2) is 174 Å². The fourth-order valence-electron chi connectivity index (χ4n) is 7.99. The van der Waals surface area contributed by atoms with E-state index in [-0.39, 0.29) is 0 Å². The second kappa shape index (κ2) is 13.2. The molecular weight excluding hydrogens is 607 g/mol. The maximum absolute atomic E-state index is 6.37. The number of furan rings is 1. The Morgan fingerprint density at radius 3 is 1.64 bits per heavy atom. The Morgan fingerprint density at radius 1 is 0.420 bits per heavy atom. The van der Waals surface area contributed by atoms with Gasteiger partial charge in [0, 0.05) is 33.9 Å². The third-order valence-corrected chi connectivity index (χ3v) is 10.5. The third kappa shape index (κ3) is 5.67. The quantitative estimate of drug-likeness (QED) is 0.171. The fourth-order valence-corrected chi connectivity index (χ4v) is 7.99. The van der Waals surface area contributed by atoms with E-state index in [1.54, 1.807) is 0 Å². The lowest BCUT2D eigenvalue weighted by Crippen LogP contribution is -2.10. The first kappa shape index (κ1) is 30.2. The average Bonchev–Trinajstić information content (AvgIpc) is 3.57. The maximum atomic E-state index is 6.37. The van der Waals surface area contributed by atoms with Crippen LogP contribution >= 0.6 is 0 Å². The summed E-state index contributed by atoms with van der Waals surface area (Å²) in [5.74, 6) is 0.668. The number of benzene rings is 7. The molecule has 1 heterocycles. The van der Waals surface area contributed by atoms with Gasteiger partial charge in [0.15, 0.2) is 0 Å². The van der Waals surface area contributed by atoms with Gasteiger partial charge in [-0.15, -0.1) is 0 Å². The normalized spacial score (nSPS) is 13.5. The minimum Gasteiger partial charge on any atom is -0.456 e. The zero-order valence-corrected chi connectivity index (χ0v) is 28.1. The standard InChI is InChI=1S/C48H39NO/c1-4-13-34(14-5-1)35-23-27-39(28-24-35)49(41-31-32-45-44-19-10-11-22-46(44)50-47(45)33-41)40-29-25-38(26-30-40)48-42(36-15-6-2-7-16-36)20-12-21-43(48)37-17-8-3-9-18-37/h2-3,6-12,15-34H,1,4-5,13-14H2. The van der Waals surface area contributed by atoms with Gasteiger partial charge in [-0.25, -0.2) is 0 Å². The number of anilines is 3. The first-order valence-corrected chi connectivity index (χ1v) is 18.0. The van der Waals surface area contributed by atoms with Gasteiger partial charge in [0.05, 0.1) is 0 Å². The number of rotatable bonds is 7. The number of nitrogens with zero attached hydrogens (tertiary/aromatic N) is 1. The lowest BCUT2D eigenvalue weighted by molar-refractivity contribution is 0.443. The van der Waals surface area contributed by atoms with E-state index in [0.29, 0.717) is 5.92 Å². The van der Waals surface area contributed by atoms with E-state index in [9.17, 15) is 0 Å². The van der Waals surface area contributed by atoms with Crippen LogP contribution in [-0.2, 0) is 0 Å². The van der Waals surface area contributed by atoms with Crippen LogP contribution < -0.4 is 4.90 Å². The SMILES string of the molecule is c1ccc(-c2cccc(-c3ccccc3)c2-c2ccc(N(c3ccc(C4CCCCC4)cc3)c3ccc4c(c3)oc3ccccc34)cc2)cc1. The molecule has 242 valence electrons. The van der Waals surface area contributed by atoms with Crippen LogP contribution in [0.3, 0.4) is 0 Å². The van der Waals surface area contributed by atoms with Crippen LogP contribution in [0.2, 0.25) is 0 Å². The molecule has 0 atom stereocenters. The molecule has 0 N–H and O–H groups in total. The van der Waals surface area contributed by atoms with Gasteiger partial charge < -0.3 is 9.32 Å². The van der Waals surface area contributed by atoms with Crippen LogP contribution in [0, 0.1) is 0 Å². The van der Waals surface area contributed by atoms with E-state index in [1.165, 1.54) is 71.0 Å². The van der Waals surface area contributed by atoms with Gasteiger partial charge in [-0.3, -0.25) is 0 Å². The molecule has 0 amide bonds. The van der Waals surface area contributed by atoms with Crippen LogP contribution in [0.1, 0.15) is 43.6 Å². The molecule has 1 aromatic heterocycles. The summed E-state index contributed by atoms with van der Waals surface area (Å²) in [5, 5.41) is 2.28.